The van der Waals surface area contributed by atoms with Crippen LogP contribution in [0.4, 0.5) is 0 Å². The van der Waals surface area contributed by atoms with Gasteiger partial charge in [-0.25, -0.2) is 0 Å². The van der Waals surface area contributed by atoms with Crippen molar-refractivity contribution >= 4 is 34.2 Å². The molecule has 0 saturated heterocycles. The molecule has 3 nitrogen and oxygen atoms in total. The minimum Gasteiger partial charge on any atom is -0.349 e. The summed E-state index contributed by atoms with van der Waals surface area (Å²) in [7, 11) is 0. The fourth-order valence-electron chi connectivity index (χ4n) is 2.30. The topological polar surface area (TPSA) is 55.1 Å². The smallest absolute Gasteiger partial charge is 0.224 e. The van der Waals surface area contributed by atoms with Gasteiger partial charge >= 0.3 is 0 Å². The van der Waals surface area contributed by atoms with Crippen LogP contribution in [0, 0.1) is 5.92 Å². The van der Waals surface area contributed by atoms with Gasteiger partial charge in [0.15, 0.2) is 0 Å². The summed E-state index contributed by atoms with van der Waals surface area (Å²) in [4.78, 5) is 12.1. The van der Waals surface area contributed by atoms with Crippen molar-refractivity contribution < 1.29 is 4.79 Å². The maximum atomic E-state index is 12.1. The van der Waals surface area contributed by atoms with E-state index in [1.54, 1.807) is 0 Å². The van der Waals surface area contributed by atoms with E-state index in [-0.39, 0.29) is 23.9 Å². The summed E-state index contributed by atoms with van der Waals surface area (Å²) in [5.74, 6) is 0.520. The van der Waals surface area contributed by atoms with Crippen molar-refractivity contribution in [3.8, 4) is 0 Å². The van der Waals surface area contributed by atoms with Gasteiger partial charge < -0.3 is 11.1 Å². The highest BCUT2D eigenvalue weighted by Crippen LogP contribution is 2.16. The molecule has 20 heavy (non-hydrogen) atoms. The number of carbonyl (C=O) groups is 1. The Labute approximate surface area is 136 Å². The molecule has 0 saturated carbocycles. The largest absolute Gasteiger partial charge is 0.349 e. The minimum atomic E-state index is -0.322. The van der Waals surface area contributed by atoms with Gasteiger partial charge in [-0.2, -0.15) is 0 Å². The standard InChI is InChI=1S/C15H23BrN2O.ClH/c1-11(2)9-15(3,10-17)18-14(19)8-12-5-4-6-13(16)7-12;/h4-7,11H,8-10,17H2,1-3H3,(H,18,19);1H. The van der Waals surface area contributed by atoms with Crippen LogP contribution in [0.25, 0.3) is 0 Å². The van der Waals surface area contributed by atoms with Gasteiger partial charge in [-0.05, 0) is 37.0 Å². The van der Waals surface area contributed by atoms with E-state index < -0.39 is 0 Å². The summed E-state index contributed by atoms with van der Waals surface area (Å²) in [6.45, 7) is 6.73. The summed E-state index contributed by atoms with van der Waals surface area (Å²) in [5, 5.41) is 3.06. The van der Waals surface area contributed by atoms with E-state index in [2.05, 4.69) is 35.1 Å². The molecule has 1 amide bonds. The van der Waals surface area contributed by atoms with Gasteiger partial charge in [0.25, 0.3) is 0 Å². The summed E-state index contributed by atoms with van der Waals surface area (Å²) in [5.41, 5.74) is 6.47. The van der Waals surface area contributed by atoms with E-state index >= 15 is 0 Å². The van der Waals surface area contributed by atoms with Gasteiger partial charge in [0.2, 0.25) is 5.91 Å². The monoisotopic (exact) mass is 362 g/mol. The number of benzene rings is 1. The van der Waals surface area contributed by atoms with Crippen LogP contribution >= 0.6 is 28.3 Å². The molecule has 0 aliphatic carbocycles. The van der Waals surface area contributed by atoms with Crippen LogP contribution < -0.4 is 11.1 Å². The lowest BCUT2D eigenvalue weighted by Gasteiger charge is -2.31. The highest BCUT2D eigenvalue weighted by molar-refractivity contribution is 9.10. The van der Waals surface area contributed by atoms with Crippen LogP contribution in [0.15, 0.2) is 28.7 Å². The van der Waals surface area contributed by atoms with Crippen molar-refractivity contribution in [3.05, 3.63) is 34.3 Å². The number of nitrogens with one attached hydrogen (secondary N) is 1. The van der Waals surface area contributed by atoms with Gasteiger partial charge in [0, 0.05) is 16.6 Å². The highest BCUT2D eigenvalue weighted by Gasteiger charge is 2.25. The van der Waals surface area contributed by atoms with Crippen LogP contribution in [-0.4, -0.2) is 18.0 Å². The maximum absolute atomic E-state index is 12.1. The molecule has 0 aliphatic heterocycles. The molecule has 1 aromatic carbocycles. The Balaban J connectivity index is 0.00000361. The average Bonchev–Trinajstić information content (AvgIpc) is 2.27. The predicted molar refractivity (Wildman–Crippen MR) is 90.2 cm³/mol. The molecular formula is C15H24BrClN2O. The number of hydrogen-bond acceptors (Lipinski definition) is 2. The molecule has 0 radical (unpaired) electrons. The first-order valence-electron chi connectivity index (χ1n) is 6.60. The van der Waals surface area contributed by atoms with E-state index in [9.17, 15) is 4.79 Å². The van der Waals surface area contributed by atoms with Gasteiger partial charge in [0.1, 0.15) is 0 Å². The molecule has 114 valence electrons. The fourth-order valence-corrected chi connectivity index (χ4v) is 2.75. The zero-order chi connectivity index (χ0) is 14.5. The average molecular weight is 364 g/mol. The molecule has 0 heterocycles. The molecule has 0 spiro atoms. The lowest BCUT2D eigenvalue weighted by Crippen LogP contribution is -2.52. The zero-order valence-electron chi connectivity index (χ0n) is 12.3. The summed E-state index contributed by atoms with van der Waals surface area (Å²) < 4.78 is 0.988. The Morgan fingerprint density at radius 1 is 1.45 bits per heavy atom. The fraction of sp³-hybridized carbons (Fsp3) is 0.533. The van der Waals surface area contributed by atoms with Crippen molar-refractivity contribution in [1.29, 1.82) is 0 Å². The number of hydrogen-bond donors (Lipinski definition) is 2. The molecule has 0 aromatic heterocycles. The van der Waals surface area contributed by atoms with Crippen molar-refractivity contribution in [1.82, 2.24) is 5.32 Å². The minimum absolute atomic E-state index is 0. The third-order valence-corrected chi connectivity index (χ3v) is 3.50. The Kier molecular flexibility index (Phi) is 8.40. The SMILES string of the molecule is CC(C)CC(C)(CN)NC(=O)Cc1cccc(Br)c1.Cl. The number of nitrogens with two attached hydrogens (primary N) is 1. The van der Waals surface area contributed by atoms with Gasteiger partial charge in [-0.3, -0.25) is 4.79 Å². The summed E-state index contributed by atoms with van der Waals surface area (Å²) >= 11 is 3.41. The normalized spacial score (nSPS) is 13.5. The second-order valence-electron chi connectivity index (χ2n) is 5.72. The second-order valence-corrected chi connectivity index (χ2v) is 6.63. The first-order chi connectivity index (χ1) is 8.84. The molecule has 1 atom stereocenters. The van der Waals surface area contributed by atoms with Crippen LogP contribution in [0.5, 0.6) is 0 Å². The van der Waals surface area contributed by atoms with Gasteiger partial charge in [0.05, 0.1) is 6.42 Å². The van der Waals surface area contributed by atoms with Gasteiger partial charge in [-0.15, -0.1) is 12.4 Å². The molecular weight excluding hydrogens is 340 g/mol. The zero-order valence-corrected chi connectivity index (χ0v) is 14.7. The van der Waals surface area contributed by atoms with Gasteiger partial charge in [-0.1, -0.05) is 41.9 Å². The van der Waals surface area contributed by atoms with Crippen molar-refractivity contribution in [2.24, 2.45) is 11.7 Å². The molecule has 0 aliphatic rings. The third kappa shape index (κ3) is 6.73. The van der Waals surface area contributed by atoms with E-state index in [1.165, 1.54) is 0 Å². The van der Waals surface area contributed by atoms with Crippen molar-refractivity contribution in [2.45, 2.75) is 39.2 Å². The first-order valence-corrected chi connectivity index (χ1v) is 7.39. The number of rotatable bonds is 6. The molecule has 3 N–H and O–H groups in total. The molecule has 1 rings (SSSR count). The maximum Gasteiger partial charge on any atom is 0.224 e. The highest BCUT2D eigenvalue weighted by atomic mass is 79.9. The van der Waals surface area contributed by atoms with Crippen LogP contribution in [0.1, 0.15) is 32.8 Å². The second kappa shape index (κ2) is 8.65. The quantitative estimate of drug-likeness (QED) is 0.815. The lowest BCUT2D eigenvalue weighted by atomic mass is 9.90. The van der Waals surface area contributed by atoms with E-state index in [0.29, 0.717) is 18.9 Å². The van der Waals surface area contributed by atoms with Crippen LogP contribution in [0.2, 0.25) is 0 Å². The Bertz CT molecular complexity index is 440. The Morgan fingerprint density at radius 2 is 2.10 bits per heavy atom. The predicted octanol–water partition coefficient (Wildman–Crippen LogP) is 3.29. The molecule has 5 heteroatoms. The Morgan fingerprint density at radius 3 is 2.60 bits per heavy atom. The van der Waals surface area contributed by atoms with E-state index in [4.69, 9.17) is 5.73 Å². The summed E-state index contributed by atoms with van der Waals surface area (Å²) in [6, 6.07) is 7.79. The number of halogens is 2. The molecule has 0 fully saturated rings. The lowest BCUT2D eigenvalue weighted by molar-refractivity contribution is -0.122. The molecule has 1 unspecified atom stereocenters. The van der Waals surface area contributed by atoms with E-state index in [0.717, 1.165) is 16.5 Å². The molecule has 1 aromatic rings. The Hall–Kier alpha value is -0.580. The van der Waals surface area contributed by atoms with E-state index in [1.807, 2.05) is 31.2 Å². The summed E-state index contributed by atoms with van der Waals surface area (Å²) in [6.07, 6.45) is 1.26. The van der Waals surface area contributed by atoms with Crippen molar-refractivity contribution in [3.63, 3.8) is 0 Å². The van der Waals surface area contributed by atoms with Crippen LogP contribution in [-0.2, 0) is 11.2 Å². The van der Waals surface area contributed by atoms with Crippen molar-refractivity contribution in [2.75, 3.05) is 6.54 Å². The van der Waals surface area contributed by atoms with Crippen LogP contribution in [0.3, 0.4) is 0 Å². The first kappa shape index (κ1) is 19.4. The third-order valence-electron chi connectivity index (χ3n) is 3.00. The number of amides is 1. The number of carbonyl (C=O) groups excluding carboxylic acids is 1. The molecule has 0 bridgehead atoms.